The maximum absolute atomic E-state index is 5.28. The first-order valence-corrected chi connectivity index (χ1v) is 15.7. The number of rotatable bonds is 6. The topological polar surface area (TPSA) is 66.0 Å². The van der Waals surface area contributed by atoms with E-state index in [1.807, 2.05) is 18.2 Å². The van der Waals surface area contributed by atoms with E-state index in [4.69, 9.17) is 19.9 Å². The fraction of sp³-hybridized carbons (Fsp3) is 0.0732. The van der Waals surface area contributed by atoms with E-state index in [0.717, 1.165) is 96.9 Å². The number of anilines is 1. The number of nitrogens with one attached hydrogen (secondary N) is 1. The van der Waals surface area contributed by atoms with Gasteiger partial charge in [0.25, 0.3) is 0 Å². The van der Waals surface area contributed by atoms with Crippen molar-refractivity contribution in [3.63, 3.8) is 0 Å². The molecule has 0 saturated carbocycles. The number of hydrogen-bond donors (Lipinski definition) is 1. The summed E-state index contributed by atoms with van der Waals surface area (Å²) in [5, 5.41) is 3.64. The van der Waals surface area contributed by atoms with Crippen LogP contribution in [-0.4, -0.2) is 16.5 Å². The van der Waals surface area contributed by atoms with E-state index in [-0.39, 0.29) is 19.5 Å². The summed E-state index contributed by atoms with van der Waals surface area (Å²) in [4.78, 5) is 21.0. The van der Waals surface area contributed by atoms with E-state index in [1.54, 1.807) is 0 Å². The van der Waals surface area contributed by atoms with Crippen molar-refractivity contribution in [3.05, 3.63) is 138 Å². The van der Waals surface area contributed by atoms with Crippen molar-refractivity contribution in [3.8, 4) is 33.4 Å². The fourth-order valence-electron chi connectivity index (χ4n) is 6.22. The Bertz CT molecular complexity index is 2240. The quantitative estimate of drug-likeness (QED) is 0.180. The Morgan fingerprint density at radius 1 is 0.468 bits per heavy atom. The predicted octanol–water partition coefficient (Wildman–Crippen LogP) is 9.73. The number of hydrogen-bond acceptors (Lipinski definition) is 3. The molecule has 0 unspecified atom stereocenters. The summed E-state index contributed by atoms with van der Waals surface area (Å²) in [6, 6.07) is 39.6. The summed E-state index contributed by atoms with van der Waals surface area (Å²) in [6.45, 7) is 2.97. The molecule has 5 heterocycles. The van der Waals surface area contributed by atoms with E-state index < -0.39 is 0 Å². The second-order valence-corrected chi connectivity index (χ2v) is 11.4. The van der Waals surface area contributed by atoms with Crippen molar-refractivity contribution in [1.82, 2.24) is 19.9 Å². The average molecular weight is 659 g/mol. The molecule has 1 N–H and O–H groups in total. The van der Waals surface area contributed by atoms with Crippen LogP contribution in [0.2, 0.25) is 0 Å². The normalized spacial score (nSPS) is 11.8. The number of fused-ring (bicyclic) bond motifs is 8. The number of aromatic nitrogens is 4. The molecule has 2 aliphatic rings. The Kier molecular flexibility index (Phi) is 8.52. The second kappa shape index (κ2) is 13.2. The van der Waals surface area contributed by atoms with Gasteiger partial charge in [-0.15, -0.1) is 22.1 Å². The van der Waals surface area contributed by atoms with Gasteiger partial charge in [0.05, 0.1) is 22.8 Å². The van der Waals surface area contributed by atoms with Gasteiger partial charge < -0.3 is 15.3 Å². The third-order valence-corrected chi connectivity index (χ3v) is 8.35. The molecule has 0 amide bonds. The van der Waals surface area contributed by atoms with Crippen molar-refractivity contribution in [2.75, 3.05) is 11.9 Å². The maximum Gasteiger partial charge on any atom is 2.00 e. The molecule has 47 heavy (non-hydrogen) atoms. The van der Waals surface area contributed by atoms with Crippen LogP contribution >= 0.6 is 0 Å². The maximum atomic E-state index is 5.28. The van der Waals surface area contributed by atoms with Gasteiger partial charge in [0.1, 0.15) is 0 Å². The summed E-state index contributed by atoms with van der Waals surface area (Å²) < 4.78 is 0. The predicted molar refractivity (Wildman–Crippen MR) is 192 cm³/mol. The zero-order chi connectivity index (χ0) is 30.9. The molecule has 8 rings (SSSR count). The second-order valence-electron chi connectivity index (χ2n) is 11.4. The average Bonchev–Trinajstić information content (AvgIpc) is 3.93. The first-order chi connectivity index (χ1) is 22.8. The van der Waals surface area contributed by atoms with Gasteiger partial charge >= 0.3 is 19.5 Å². The van der Waals surface area contributed by atoms with Crippen molar-refractivity contribution in [2.24, 2.45) is 0 Å². The van der Waals surface area contributed by atoms with Crippen molar-refractivity contribution in [1.29, 1.82) is 0 Å². The monoisotopic (exact) mass is 657 g/mol. The molecule has 0 radical (unpaired) electrons. The van der Waals surface area contributed by atoms with Crippen LogP contribution in [0.25, 0.3) is 79.8 Å². The molecule has 2 aliphatic heterocycles. The number of benzene rings is 3. The van der Waals surface area contributed by atoms with Gasteiger partial charge in [-0.3, -0.25) is 0 Å². The van der Waals surface area contributed by atoms with Gasteiger partial charge in [0.15, 0.2) is 0 Å². The van der Waals surface area contributed by atoms with Crippen molar-refractivity contribution < 1.29 is 19.5 Å². The Labute approximate surface area is 287 Å². The third-order valence-electron chi connectivity index (χ3n) is 8.35. The molecular weight excluding hydrogens is 628 g/mol. The van der Waals surface area contributed by atoms with E-state index >= 15 is 0 Å². The molecular formula is C41H31N5Zn. The van der Waals surface area contributed by atoms with Crippen LogP contribution in [0.5, 0.6) is 0 Å². The van der Waals surface area contributed by atoms with Gasteiger partial charge in [-0.2, -0.15) is 0 Å². The summed E-state index contributed by atoms with van der Waals surface area (Å²) in [6.07, 6.45) is 9.36. The van der Waals surface area contributed by atoms with Crippen LogP contribution in [0, 0.1) is 0 Å². The van der Waals surface area contributed by atoms with Crippen molar-refractivity contribution >= 4 is 52.1 Å². The van der Waals surface area contributed by atoms with Crippen LogP contribution in [-0.2, 0) is 19.5 Å². The molecule has 6 aromatic rings. The minimum absolute atomic E-state index is 0. The van der Waals surface area contributed by atoms with Gasteiger partial charge in [0, 0.05) is 12.2 Å². The van der Waals surface area contributed by atoms with Crippen molar-refractivity contribution in [2.45, 2.75) is 13.3 Å². The number of nitrogens with zero attached hydrogens (tertiary/aromatic N) is 4. The Morgan fingerprint density at radius 3 is 1.26 bits per heavy atom. The molecule has 3 aromatic carbocycles. The molecule has 0 saturated heterocycles. The minimum atomic E-state index is 0. The molecule has 8 bridgehead atoms. The van der Waals surface area contributed by atoms with Crippen LogP contribution in [0.3, 0.4) is 0 Å². The van der Waals surface area contributed by atoms with E-state index in [9.17, 15) is 0 Å². The molecule has 3 aromatic heterocycles. The van der Waals surface area contributed by atoms with E-state index in [0.29, 0.717) is 0 Å². The smallest absolute Gasteiger partial charge is 0.657 e. The summed E-state index contributed by atoms with van der Waals surface area (Å²) in [5.41, 5.74) is 14.0. The van der Waals surface area contributed by atoms with Gasteiger partial charge in [0.2, 0.25) is 0 Å². The first kappa shape index (κ1) is 30.3. The molecule has 0 spiro atoms. The Hall–Kier alpha value is -5.32. The van der Waals surface area contributed by atoms with Crippen LogP contribution < -0.4 is 15.3 Å². The summed E-state index contributed by atoms with van der Waals surface area (Å²) in [5.74, 6) is 0. The molecule has 5 nitrogen and oxygen atoms in total. The van der Waals surface area contributed by atoms with E-state index in [2.05, 4.69) is 134 Å². The fourth-order valence-corrected chi connectivity index (χ4v) is 6.22. The van der Waals surface area contributed by atoms with Gasteiger partial charge in [-0.25, -0.2) is 9.97 Å². The standard InChI is InChI=1S/C41H31N5.Zn/c1-2-26-42-41-36-24-22-34(45-36)39(28-14-8-4-9-15-28)32-20-18-30(43-32)38(27-12-6-3-7-13-27)31-19-21-33(44-31)40(29-16-10-5-11-17-29)35-23-25-37(41)46-35;/h3-25,42H,2,26H2,1H3;/q-2;+2. The largest absolute Gasteiger partial charge is 2.00 e. The minimum Gasteiger partial charge on any atom is -0.657 e. The summed E-state index contributed by atoms with van der Waals surface area (Å²) >= 11 is 0. The molecule has 6 heteroatoms. The van der Waals surface area contributed by atoms with Crippen LogP contribution in [0.4, 0.5) is 5.69 Å². The Balaban J connectivity index is 0.00000351. The molecule has 0 atom stereocenters. The zero-order valence-electron chi connectivity index (χ0n) is 26.2. The van der Waals surface area contributed by atoms with Crippen LogP contribution in [0.1, 0.15) is 36.1 Å². The zero-order valence-corrected chi connectivity index (χ0v) is 29.2. The van der Waals surface area contributed by atoms with Gasteiger partial charge in [-0.1, -0.05) is 122 Å². The third kappa shape index (κ3) is 5.77. The first-order valence-electron chi connectivity index (χ1n) is 15.7. The SMILES string of the molecule is CCCNc1c2nc(c(-c3ccccc3)c3ccc([n-]3)c(-c3ccccc3)c3nc(c(-c4ccccc4)c4ccc1[n-]4)C=C3)C=C2.[Zn+2]. The Morgan fingerprint density at radius 2 is 0.830 bits per heavy atom. The molecule has 222 valence electrons. The van der Waals surface area contributed by atoms with Gasteiger partial charge in [-0.05, 0) is 64.1 Å². The molecule has 0 fully saturated rings. The molecule has 0 aliphatic carbocycles. The van der Waals surface area contributed by atoms with E-state index in [1.165, 1.54) is 0 Å². The van der Waals surface area contributed by atoms with Crippen LogP contribution in [0.15, 0.2) is 115 Å². The summed E-state index contributed by atoms with van der Waals surface area (Å²) in [7, 11) is 0.